The van der Waals surface area contributed by atoms with Crippen LogP contribution >= 0.6 is 67.8 Å². The van der Waals surface area contributed by atoms with Crippen LogP contribution in [0, 0.1) is 16.5 Å². The molecule has 1 aromatic carbocycles. The van der Waals surface area contributed by atoms with Crippen LogP contribution in [-0.2, 0) is 0 Å². The van der Waals surface area contributed by atoms with E-state index >= 15 is 0 Å². The first-order valence-corrected chi connectivity index (χ1v) is 5.65. The molecule has 0 bridgehead atoms. The zero-order valence-electron chi connectivity index (χ0n) is 4.67. The van der Waals surface area contributed by atoms with Crippen LogP contribution in [0.5, 0.6) is 0 Å². The van der Waals surface area contributed by atoms with Crippen molar-refractivity contribution in [3.63, 3.8) is 0 Å². The van der Waals surface area contributed by atoms with Crippen molar-refractivity contribution < 1.29 is 4.39 Å². The molecule has 0 aromatic heterocycles. The number of hydrogen-bond donors (Lipinski definition) is 0. The number of hydrogen-bond acceptors (Lipinski definition) is 0. The maximum Gasteiger partial charge on any atom is 0.149 e. The highest BCUT2D eigenvalue weighted by atomic mass is 127. The van der Waals surface area contributed by atoms with Crippen LogP contribution in [0.2, 0.25) is 0 Å². The maximum atomic E-state index is 12.9. The number of benzene rings is 1. The average molecular weight is 474 g/mol. The van der Waals surface area contributed by atoms with Crippen LogP contribution in [0.3, 0.4) is 0 Å². The lowest BCUT2D eigenvalue weighted by Gasteiger charge is -1.97. The van der Waals surface area contributed by atoms with E-state index in [1.54, 1.807) is 0 Å². The fraction of sp³-hybridized carbons (Fsp3) is 0. The van der Waals surface area contributed by atoms with Gasteiger partial charge in [-0.1, -0.05) is 0 Å². The van der Waals surface area contributed by atoms with E-state index < -0.39 is 0 Å². The zero-order chi connectivity index (χ0) is 7.72. The fourth-order valence-corrected chi connectivity index (χ4v) is 4.11. The first-order valence-electron chi connectivity index (χ1n) is 2.41. The van der Waals surface area contributed by atoms with Gasteiger partial charge in [0.2, 0.25) is 0 Å². The third kappa shape index (κ3) is 2.16. The lowest BCUT2D eigenvalue weighted by molar-refractivity contribution is 0.612. The van der Waals surface area contributed by atoms with Gasteiger partial charge in [0.25, 0.3) is 0 Å². The van der Waals surface area contributed by atoms with Gasteiger partial charge in [-0.3, -0.25) is 0 Å². The molecule has 0 radical (unpaired) electrons. The summed E-state index contributed by atoms with van der Waals surface area (Å²) in [4.78, 5) is 0. The summed E-state index contributed by atoms with van der Waals surface area (Å²) in [6.45, 7) is 0. The van der Waals surface area contributed by atoms with Crippen LogP contribution in [0.15, 0.2) is 12.1 Å². The number of halogens is 4. The van der Waals surface area contributed by atoms with E-state index in [0.717, 1.165) is 3.57 Å². The van der Waals surface area contributed by atoms with Crippen LogP contribution in [0.1, 0.15) is 0 Å². The summed E-state index contributed by atoms with van der Waals surface area (Å²) in [5.74, 6) is -0.110. The minimum Gasteiger partial charge on any atom is -0.205 e. The Hall–Kier alpha value is 1.34. The van der Waals surface area contributed by atoms with Crippen molar-refractivity contribution in [2.75, 3.05) is 0 Å². The van der Waals surface area contributed by atoms with Crippen molar-refractivity contribution in [2.45, 2.75) is 0 Å². The summed E-state index contributed by atoms with van der Waals surface area (Å²) in [6.07, 6.45) is 0. The molecule has 54 valence electrons. The molecule has 0 fully saturated rings. The topological polar surface area (TPSA) is 0 Å². The molecule has 0 heterocycles. The van der Waals surface area contributed by atoms with Crippen LogP contribution in [0.4, 0.5) is 4.39 Å². The molecule has 1 aromatic rings. The van der Waals surface area contributed by atoms with Gasteiger partial charge in [-0.05, 0) is 79.9 Å². The van der Waals surface area contributed by atoms with Gasteiger partial charge in [0.05, 0.1) is 7.14 Å². The van der Waals surface area contributed by atoms with Gasteiger partial charge >= 0.3 is 0 Å². The van der Waals surface area contributed by atoms with Gasteiger partial charge in [-0.2, -0.15) is 0 Å². The van der Waals surface area contributed by atoms with E-state index in [4.69, 9.17) is 0 Å². The fourth-order valence-electron chi connectivity index (χ4n) is 0.525. The molecule has 0 aliphatic carbocycles. The molecular formula is C6H2FI3. The van der Waals surface area contributed by atoms with Crippen molar-refractivity contribution >= 4 is 67.8 Å². The Balaban J connectivity index is 3.31. The van der Waals surface area contributed by atoms with Crippen molar-refractivity contribution in [2.24, 2.45) is 0 Å². The summed E-state index contributed by atoms with van der Waals surface area (Å²) < 4.78 is 15.3. The van der Waals surface area contributed by atoms with Gasteiger partial charge in [0.1, 0.15) is 5.82 Å². The standard InChI is InChI=1S/C6H2FI3/c7-6-4(9)1-3(8)2-5(6)10/h1-2H. The molecule has 0 nitrogen and oxygen atoms in total. The Labute approximate surface area is 99.4 Å². The second kappa shape index (κ2) is 3.83. The summed E-state index contributed by atoms with van der Waals surface area (Å²) in [5, 5.41) is 0. The molecule has 0 N–H and O–H groups in total. The molecule has 0 saturated heterocycles. The molecular weight excluding hydrogens is 472 g/mol. The van der Waals surface area contributed by atoms with E-state index in [2.05, 4.69) is 22.6 Å². The molecule has 0 saturated carbocycles. The molecule has 0 amide bonds. The van der Waals surface area contributed by atoms with Crippen LogP contribution in [-0.4, -0.2) is 0 Å². The first-order chi connectivity index (χ1) is 4.61. The Morgan fingerprint density at radius 2 is 1.40 bits per heavy atom. The lowest BCUT2D eigenvalue weighted by Crippen LogP contribution is -1.87. The van der Waals surface area contributed by atoms with Crippen molar-refractivity contribution in [3.8, 4) is 0 Å². The van der Waals surface area contributed by atoms with Crippen molar-refractivity contribution in [1.82, 2.24) is 0 Å². The molecule has 4 heteroatoms. The molecule has 1 rings (SSSR count). The Bertz CT molecular complexity index is 236. The van der Waals surface area contributed by atoms with E-state index in [1.165, 1.54) is 0 Å². The third-order valence-corrected chi connectivity index (χ3v) is 3.14. The highest BCUT2D eigenvalue weighted by Crippen LogP contribution is 2.20. The quantitative estimate of drug-likeness (QED) is 0.307. The average Bonchev–Trinajstić information content (AvgIpc) is 1.82. The molecule has 0 spiro atoms. The Morgan fingerprint density at radius 3 is 1.80 bits per heavy atom. The van der Waals surface area contributed by atoms with E-state index in [0.29, 0.717) is 7.14 Å². The normalized spacial score (nSPS) is 10.0. The first kappa shape index (κ1) is 9.43. The van der Waals surface area contributed by atoms with E-state index in [-0.39, 0.29) is 5.82 Å². The predicted octanol–water partition coefficient (Wildman–Crippen LogP) is 3.64. The van der Waals surface area contributed by atoms with Gasteiger partial charge < -0.3 is 0 Å². The minimum atomic E-state index is -0.110. The van der Waals surface area contributed by atoms with Crippen molar-refractivity contribution in [1.29, 1.82) is 0 Å². The highest BCUT2D eigenvalue weighted by Gasteiger charge is 2.03. The second-order valence-corrected chi connectivity index (χ2v) is 5.25. The lowest BCUT2D eigenvalue weighted by atomic mass is 10.4. The molecule has 0 aliphatic rings. The Morgan fingerprint density at radius 1 is 1.00 bits per heavy atom. The van der Waals surface area contributed by atoms with Crippen LogP contribution in [0.25, 0.3) is 0 Å². The smallest absolute Gasteiger partial charge is 0.149 e. The van der Waals surface area contributed by atoms with Gasteiger partial charge in [0.15, 0.2) is 0 Å². The van der Waals surface area contributed by atoms with E-state index in [1.807, 2.05) is 57.3 Å². The maximum absolute atomic E-state index is 12.9. The molecule has 10 heavy (non-hydrogen) atoms. The minimum absolute atomic E-state index is 0.110. The van der Waals surface area contributed by atoms with E-state index in [9.17, 15) is 4.39 Å². The van der Waals surface area contributed by atoms with Gasteiger partial charge in [-0.15, -0.1) is 0 Å². The molecule has 0 atom stereocenters. The third-order valence-electron chi connectivity index (χ3n) is 0.949. The monoisotopic (exact) mass is 474 g/mol. The predicted molar refractivity (Wildman–Crippen MR) is 64.6 cm³/mol. The summed E-state index contributed by atoms with van der Waals surface area (Å²) in [7, 11) is 0. The highest BCUT2D eigenvalue weighted by molar-refractivity contribution is 14.1. The molecule has 0 aliphatic heterocycles. The largest absolute Gasteiger partial charge is 0.205 e. The molecule has 0 unspecified atom stereocenters. The zero-order valence-corrected chi connectivity index (χ0v) is 11.1. The summed E-state index contributed by atoms with van der Waals surface area (Å²) in [5.41, 5.74) is 0. The van der Waals surface area contributed by atoms with Gasteiger partial charge in [-0.25, -0.2) is 4.39 Å². The Kier molecular flexibility index (Phi) is 3.61. The van der Waals surface area contributed by atoms with Crippen LogP contribution < -0.4 is 0 Å². The number of rotatable bonds is 0. The summed E-state index contributed by atoms with van der Waals surface area (Å²) >= 11 is 6.15. The van der Waals surface area contributed by atoms with Crippen molar-refractivity contribution in [3.05, 3.63) is 28.7 Å². The SMILES string of the molecule is Fc1c(I)cc(I)cc1I. The summed E-state index contributed by atoms with van der Waals surface area (Å²) in [6, 6.07) is 3.64. The van der Waals surface area contributed by atoms with Gasteiger partial charge in [0, 0.05) is 3.57 Å². The second-order valence-electron chi connectivity index (χ2n) is 1.68.